The number of carbonyl (C=O) groups is 2. The Morgan fingerprint density at radius 1 is 1.15 bits per heavy atom. The summed E-state index contributed by atoms with van der Waals surface area (Å²) >= 11 is 0. The highest BCUT2D eigenvalue weighted by Gasteiger charge is 2.33. The number of hydrogen-bond acceptors (Lipinski definition) is 5. The van der Waals surface area contributed by atoms with Gasteiger partial charge in [-0.2, -0.15) is 0 Å². The standard InChI is InChI=1S/C19H26N2O5/c1-5-7-13-16(18(22)25-4)17(21-19(23)20-13)12-8-9-14(26-10-6-2)15(11-12)24-3/h8-9,11,17H,5-7,10H2,1-4H3,(H2,20,21,23). The largest absolute Gasteiger partial charge is 0.493 e. The lowest BCUT2D eigenvalue weighted by molar-refractivity contribution is -0.136. The molecule has 1 aromatic rings. The van der Waals surface area contributed by atoms with E-state index in [-0.39, 0.29) is 6.03 Å². The average Bonchev–Trinajstić information content (AvgIpc) is 2.65. The highest BCUT2D eigenvalue weighted by molar-refractivity contribution is 5.95. The molecule has 0 aromatic heterocycles. The van der Waals surface area contributed by atoms with Crippen LogP contribution in [0.15, 0.2) is 29.5 Å². The maximum absolute atomic E-state index is 12.4. The molecule has 0 aliphatic carbocycles. The normalized spacial score (nSPS) is 16.6. The molecule has 0 saturated heterocycles. The second-order valence-corrected chi connectivity index (χ2v) is 5.92. The quantitative estimate of drug-likeness (QED) is 0.694. The molecule has 1 aromatic carbocycles. The van der Waals surface area contributed by atoms with Crippen molar-refractivity contribution < 1.29 is 23.8 Å². The van der Waals surface area contributed by atoms with Crippen LogP contribution in [-0.4, -0.2) is 32.8 Å². The van der Waals surface area contributed by atoms with Crippen molar-refractivity contribution in [3.8, 4) is 11.5 Å². The van der Waals surface area contributed by atoms with Gasteiger partial charge in [0.1, 0.15) is 0 Å². The lowest BCUT2D eigenvalue weighted by atomic mass is 9.93. The summed E-state index contributed by atoms with van der Waals surface area (Å²) in [5, 5.41) is 5.52. The number of methoxy groups -OCH3 is 2. The molecule has 2 N–H and O–H groups in total. The van der Waals surface area contributed by atoms with E-state index in [0.717, 1.165) is 18.4 Å². The van der Waals surface area contributed by atoms with Gasteiger partial charge in [-0.05, 0) is 30.5 Å². The Labute approximate surface area is 153 Å². The molecule has 1 heterocycles. The monoisotopic (exact) mass is 362 g/mol. The number of benzene rings is 1. The molecular weight excluding hydrogens is 336 g/mol. The molecule has 2 rings (SSSR count). The first-order valence-corrected chi connectivity index (χ1v) is 8.75. The van der Waals surface area contributed by atoms with Crippen LogP contribution < -0.4 is 20.1 Å². The molecule has 1 aliphatic heterocycles. The van der Waals surface area contributed by atoms with Gasteiger partial charge in [-0.25, -0.2) is 9.59 Å². The number of allylic oxidation sites excluding steroid dienone is 1. The number of rotatable bonds is 8. The van der Waals surface area contributed by atoms with Crippen LogP contribution in [-0.2, 0) is 9.53 Å². The number of carbonyl (C=O) groups excluding carboxylic acids is 2. The van der Waals surface area contributed by atoms with Crippen LogP contribution in [0.3, 0.4) is 0 Å². The average molecular weight is 362 g/mol. The molecular formula is C19H26N2O5. The number of urea groups is 1. The summed E-state index contributed by atoms with van der Waals surface area (Å²) in [5.41, 5.74) is 1.70. The van der Waals surface area contributed by atoms with E-state index in [2.05, 4.69) is 10.6 Å². The Bertz CT molecular complexity index is 699. The fraction of sp³-hybridized carbons (Fsp3) is 0.474. The molecule has 0 radical (unpaired) electrons. The van der Waals surface area contributed by atoms with Gasteiger partial charge in [0.25, 0.3) is 0 Å². The van der Waals surface area contributed by atoms with Gasteiger partial charge in [0.2, 0.25) is 0 Å². The zero-order chi connectivity index (χ0) is 19.1. The fourth-order valence-corrected chi connectivity index (χ4v) is 2.86. The van der Waals surface area contributed by atoms with Gasteiger partial charge in [-0.3, -0.25) is 0 Å². The number of esters is 1. The maximum Gasteiger partial charge on any atom is 0.337 e. The third kappa shape index (κ3) is 4.28. The van der Waals surface area contributed by atoms with Crippen molar-refractivity contribution in [2.75, 3.05) is 20.8 Å². The molecule has 2 amide bonds. The predicted octanol–water partition coefficient (Wildman–Crippen LogP) is 3.07. The second kappa shape index (κ2) is 9.12. The first-order valence-electron chi connectivity index (χ1n) is 8.75. The van der Waals surface area contributed by atoms with Crippen molar-refractivity contribution in [3.63, 3.8) is 0 Å². The van der Waals surface area contributed by atoms with Crippen molar-refractivity contribution in [2.45, 2.75) is 39.2 Å². The number of amides is 2. The molecule has 26 heavy (non-hydrogen) atoms. The third-order valence-corrected chi connectivity index (χ3v) is 4.04. The fourth-order valence-electron chi connectivity index (χ4n) is 2.86. The van der Waals surface area contributed by atoms with E-state index in [4.69, 9.17) is 14.2 Å². The molecule has 7 nitrogen and oxygen atoms in total. The predicted molar refractivity (Wildman–Crippen MR) is 97.1 cm³/mol. The number of hydrogen-bond donors (Lipinski definition) is 2. The van der Waals surface area contributed by atoms with Crippen LogP contribution in [0.25, 0.3) is 0 Å². The molecule has 1 aliphatic rings. The molecule has 0 saturated carbocycles. The molecule has 1 unspecified atom stereocenters. The van der Waals surface area contributed by atoms with E-state index in [1.165, 1.54) is 7.11 Å². The zero-order valence-electron chi connectivity index (χ0n) is 15.7. The van der Waals surface area contributed by atoms with Crippen molar-refractivity contribution in [2.24, 2.45) is 0 Å². The van der Waals surface area contributed by atoms with Crippen LogP contribution in [0, 0.1) is 0 Å². The van der Waals surface area contributed by atoms with E-state index in [0.29, 0.717) is 35.8 Å². The highest BCUT2D eigenvalue weighted by Crippen LogP contribution is 2.35. The van der Waals surface area contributed by atoms with Gasteiger partial charge in [0.05, 0.1) is 32.4 Å². The first kappa shape index (κ1) is 19.6. The highest BCUT2D eigenvalue weighted by atomic mass is 16.5. The summed E-state index contributed by atoms with van der Waals surface area (Å²) in [6, 6.07) is 4.40. The second-order valence-electron chi connectivity index (χ2n) is 5.92. The maximum atomic E-state index is 12.4. The van der Waals surface area contributed by atoms with Gasteiger partial charge in [-0.15, -0.1) is 0 Å². The van der Waals surface area contributed by atoms with Crippen molar-refractivity contribution >= 4 is 12.0 Å². The Hall–Kier alpha value is -2.70. The van der Waals surface area contributed by atoms with Gasteiger partial charge in [-0.1, -0.05) is 26.3 Å². The summed E-state index contributed by atoms with van der Waals surface area (Å²) in [6.45, 7) is 4.58. The molecule has 0 spiro atoms. The summed E-state index contributed by atoms with van der Waals surface area (Å²) in [4.78, 5) is 24.5. The first-order chi connectivity index (χ1) is 12.5. The topological polar surface area (TPSA) is 85.9 Å². The minimum atomic E-state index is -0.619. The lowest BCUT2D eigenvalue weighted by Crippen LogP contribution is -2.45. The molecule has 0 fully saturated rings. The van der Waals surface area contributed by atoms with Crippen LogP contribution in [0.5, 0.6) is 11.5 Å². The van der Waals surface area contributed by atoms with Crippen LogP contribution in [0.1, 0.15) is 44.7 Å². The van der Waals surface area contributed by atoms with Gasteiger partial charge >= 0.3 is 12.0 Å². The van der Waals surface area contributed by atoms with Crippen LogP contribution in [0.4, 0.5) is 4.79 Å². The summed E-state index contributed by atoms with van der Waals surface area (Å²) in [6.07, 6.45) is 2.24. The minimum absolute atomic E-state index is 0.351. The zero-order valence-corrected chi connectivity index (χ0v) is 15.7. The molecule has 7 heteroatoms. The van der Waals surface area contributed by atoms with E-state index in [1.54, 1.807) is 19.2 Å². The van der Waals surface area contributed by atoms with Gasteiger partial charge in [0.15, 0.2) is 11.5 Å². The third-order valence-electron chi connectivity index (χ3n) is 4.04. The SMILES string of the molecule is CCCOc1ccc(C2NC(=O)NC(CCC)=C2C(=O)OC)cc1OC. The minimum Gasteiger partial charge on any atom is -0.493 e. The van der Waals surface area contributed by atoms with Crippen LogP contribution >= 0.6 is 0 Å². The van der Waals surface area contributed by atoms with E-state index in [1.807, 2.05) is 19.9 Å². The van der Waals surface area contributed by atoms with E-state index < -0.39 is 12.0 Å². The van der Waals surface area contributed by atoms with Crippen LogP contribution in [0.2, 0.25) is 0 Å². The molecule has 0 bridgehead atoms. The van der Waals surface area contributed by atoms with Crippen molar-refractivity contribution in [1.29, 1.82) is 0 Å². The molecule has 1 atom stereocenters. The number of nitrogens with one attached hydrogen (secondary N) is 2. The Morgan fingerprint density at radius 3 is 2.54 bits per heavy atom. The summed E-state index contributed by atoms with van der Waals surface area (Å²) < 4.78 is 16.0. The Kier molecular flexibility index (Phi) is 6.89. The van der Waals surface area contributed by atoms with Gasteiger partial charge in [0, 0.05) is 5.70 Å². The summed E-state index contributed by atoms with van der Waals surface area (Å²) in [7, 11) is 2.88. The van der Waals surface area contributed by atoms with E-state index >= 15 is 0 Å². The van der Waals surface area contributed by atoms with E-state index in [9.17, 15) is 9.59 Å². The van der Waals surface area contributed by atoms with Crippen molar-refractivity contribution in [3.05, 3.63) is 35.0 Å². The lowest BCUT2D eigenvalue weighted by Gasteiger charge is -2.29. The van der Waals surface area contributed by atoms with Crippen molar-refractivity contribution in [1.82, 2.24) is 10.6 Å². The summed E-state index contributed by atoms with van der Waals surface area (Å²) in [5.74, 6) is 0.692. The number of ether oxygens (including phenoxy) is 3. The Morgan fingerprint density at radius 2 is 1.92 bits per heavy atom. The smallest absolute Gasteiger partial charge is 0.337 e. The molecule has 142 valence electrons. The Balaban J connectivity index is 2.47. The van der Waals surface area contributed by atoms with Gasteiger partial charge < -0.3 is 24.8 Å².